The van der Waals surface area contributed by atoms with Crippen molar-refractivity contribution in [3.63, 3.8) is 0 Å². The second kappa shape index (κ2) is 7.59. The third kappa shape index (κ3) is 4.43. The third-order valence-electron chi connectivity index (χ3n) is 3.38. The molecular formula is C16H21N3O2. The lowest BCUT2D eigenvalue weighted by Gasteiger charge is -2.07. The van der Waals surface area contributed by atoms with Crippen LogP contribution in [0.1, 0.15) is 28.2 Å². The van der Waals surface area contributed by atoms with Crippen LogP contribution in [0.15, 0.2) is 36.7 Å². The van der Waals surface area contributed by atoms with Crippen molar-refractivity contribution >= 4 is 5.97 Å². The Bertz CT molecular complexity index is 575. The van der Waals surface area contributed by atoms with E-state index in [4.69, 9.17) is 0 Å². The van der Waals surface area contributed by atoms with Crippen LogP contribution < -0.4 is 5.32 Å². The number of ether oxygens (including phenoxy) is 1. The van der Waals surface area contributed by atoms with E-state index in [1.54, 1.807) is 12.1 Å². The average Bonchev–Trinajstić information content (AvgIpc) is 2.92. The maximum absolute atomic E-state index is 11.3. The van der Waals surface area contributed by atoms with Crippen LogP contribution in [0.3, 0.4) is 0 Å². The van der Waals surface area contributed by atoms with Gasteiger partial charge in [-0.25, -0.2) is 9.78 Å². The SMILES string of the molecule is COC(=O)c1ccc(CNCCCn2ccnc2C)cc1. The van der Waals surface area contributed by atoms with E-state index < -0.39 is 0 Å². The second-order valence-corrected chi connectivity index (χ2v) is 4.89. The molecule has 0 amide bonds. The zero-order valence-corrected chi connectivity index (χ0v) is 12.5. The highest BCUT2D eigenvalue weighted by Gasteiger charge is 2.03. The predicted molar refractivity (Wildman–Crippen MR) is 81.1 cm³/mol. The molecule has 21 heavy (non-hydrogen) atoms. The van der Waals surface area contributed by atoms with Gasteiger partial charge in [-0.1, -0.05) is 12.1 Å². The van der Waals surface area contributed by atoms with Gasteiger partial charge in [0.05, 0.1) is 12.7 Å². The number of carbonyl (C=O) groups is 1. The first-order chi connectivity index (χ1) is 10.2. The summed E-state index contributed by atoms with van der Waals surface area (Å²) in [7, 11) is 1.39. The van der Waals surface area contributed by atoms with Crippen molar-refractivity contribution in [1.29, 1.82) is 0 Å². The molecule has 0 aliphatic heterocycles. The van der Waals surface area contributed by atoms with Crippen molar-refractivity contribution in [3.05, 3.63) is 53.6 Å². The fourth-order valence-corrected chi connectivity index (χ4v) is 2.12. The predicted octanol–water partition coefficient (Wildman–Crippen LogP) is 2.16. The topological polar surface area (TPSA) is 56.1 Å². The van der Waals surface area contributed by atoms with E-state index >= 15 is 0 Å². The minimum absolute atomic E-state index is 0.301. The zero-order valence-electron chi connectivity index (χ0n) is 12.5. The lowest BCUT2D eigenvalue weighted by Crippen LogP contribution is -2.16. The van der Waals surface area contributed by atoms with Gasteiger partial charge in [-0.05, 0) is 37.6 Å². The first-order valence-corrected chi connectivity index (χ1v) is 7.06. The molecule has 0 spiro atoms. The highest BCUT2D eigenvalue weighted by molar-refractivity contribution is 5.89. The van der Waals surface area contributed by atoms with Crippen molar-refractivity contribution in [2.24, 2.45) is 0 Å². The number of nitrogens with zero attached hydrogens (tertiary/aromatic N) is 2. The summed E-state index contributed by atoms with van der Waals surface area (Å²) in [5, 5.41) is 3.40. The van der Waals surface area contributed by atoms with Gasteiger partial charge in [-0.15, -0.1) is 0 Å². The summed E-state index contributed by atoms with van der Waals surface area (Å²) in [6.45, 7) is 4.72. The Morgan fingerprint density at radius 2 is 2.10 bits per heavy atom. The van der Waals surface area contributed by atoms with Crippen LogP contribution in [-0.4, -0.2) is 29.2 Å². The van der Waals surface area contributed by atoms with E-state index in [1.165, 1.54) is 7.11 Å². The Kier molecular flexibility index (Phi) is 5.51. The van der Waals surface area contributed by atoms with Crippen LogP contribution in [0.4, 0.5) is 0 Å². The van der Waals surface area contributed by atoms with E-state index in [-0.39, 0.29) is 5.97 Å². The smallest absolute Gasteiger partial charge is 0.337 e. The number of methoxy groups -OCH3 is 1. The number of aryl methyl sites for hydroxylation is 2. The number of carbonyl (C=O) groups excluding carboxylic acids is 1. The Hall–Kier alpha value is -2.14. The van der Waals surface area contributed by atoms with E-state index in [2.05, 4.69) is 19.6 Å². The summed E-state index contributed by atoms with van der Waals surface area (Å²) in [4.78, 5) is 15.5. The van der Waals surface area contributed by atoms with Crippen LogP contribution in [0.2, 0.25) is 0 Å². The van der Waals surface area contributed by atoms with Crippen LogP contribution in [-0.2, 0) is 17.8 Å². The highest BCUT2D eigenvalue weighted by atomic mass is 16.5. The molecule has 1 aromatic carbocycles. The van der Waals surface area contributed by atoms with Crippen LogP contribution in [0.5, 0.6) is 0 Å². The number of hydrogen-bond acceptors (Lipinski definition) is 4. The fourth-order valence-electron chi connectivity index (χ4n) is 2.12. The summed E-state index contributed by atoms with van der Waals surface area (Å²) in [6.07, 6.45) is 4.88. The van der Waals surface area contributed by atoms with Crippen molar-refractivity contribution in [2.75, 3.05) is 13.7 Å². The first-order valence-electron chi connectivity index (χ1n) is 7.06. The maximum atomic E-state index is 11.3. The molecule has 0 saturated carbocycles. The van der Waals surface area contributed by atoms with Crippen molar-refractivity contribution in [3.8, 4) is 0 Å². The number of aromatic nitrogens is 2. The molecule has 5 heteroatoms. The molecule has 0 saturated heterocycles. The summed E-state index contributed by atoms with van der Waals surface area (Å²) in [5.41, 5.74) is 1.73. The highest BCUT2D eigenvalue weighted by Crippen LogP contribution is 2.05. The summed E-state index contributed by atoms with van der Waals surface area (Å²) < 4.78 is 6.82. The number of rotatable bonds is 7. The number of hydrogen-bond donors (Lipinski definition) is 1. The summed E-state index contributed by atoms with van der Waals surface area (Å²) in [6, 6.07) is 7.47. The Morgan fingerprint density at radius 1 is 1.33 bits per heavy atom. The lowest BCUT2D eigenvalue weighted by atomic mass is 10.1. The molecule has 0 fully saturated rings. The molecule has 1 N–H and O–H groups in total. The van der Waals surface area contributed by atoms with Crippen molar-refractivity contribution in [2.45, 2.75) is 26.4 Å². The van der Waals surface area contributed by atoms with Crippen LogP contribution in [0, 0.1) is 6.92 Å². The Morgan fingerprint density at radius 3 is 2.71 bits per heavy atom. The zero-order chi connectivity index (χ0) is 15.1. The number of nitrogens with one attached hydrogen (secondary N) is 1. The van der Waals surface area contributed by atoms with E-state index in [0.717, 1.165) is 37.4 Å². The molecule has 112 valence electrons. The Balaban J connectivity index is 1.69. The normalized spacial score (nSPS) is 10.6. The largest absolute Gasteiger partial charge is 0.465 e. The molecule has 2 aromatic rings. The van der Waals surface area contributed by atoms with E-state index in [1.807, 2.05) is 31.5 Å². The van der Waals surface area contributed by atoms with E-state index in [0.29, 0.717) is 5.56 Å². The van der Waals surface area contributed by atoms with Gasteiger partial charge in [0.25, 0.3) is 0 Å². The molecule has 5 nitrogen and oxygen atoms in total. The standard InChI is InChI=1S/C16H21N3O2/c1-13-18-9-11-19(13)10-3-8-17-12-14-4-6-15(7-5-14)16(20)21-2/h4-7,9,11,17H,3,8,10,12H2,1-2H3. The molecule has 0 atom stereocenters. The van der Waals surface area contributed by atoms with Crippen LogP contribution in [0.25, 0.3) is 0 Å². The van der Waals surface area contributed by atoms with E-state index in [9.17, 15) is 4.79 Å². The molecule has 0 aliphatic rings. The number of imidazole rings is 1. The summed E-state index contributed by atoms with van der Waals surface area (Å²) >= 11 is 0. The summed E-state index contributed by atoms with van der Waals surface area (Å²) in [5.74, 6) is 0.749. The van der Waals surface area contributed by atoms with Gasteiger partial charge < -0.3 is 14.6 Å². The van der Waals surface area contributed by atoms with Crippen molar-refractivity contribution in [1.82, 2.24) is 14.9 Å². The second-order valence-electron chi connectivity index (χ2n) is 4.89. The minimum Gasteiger partial charge on any atom is -0.465 e. The molecule has 0 aliphatic carbocycles. The molecule has 1 aromatic heterocycles. The van der Waals surface area contributed by atoms with Gasteiger partial charge in [-0.3, -0.25) is 0 Å². The van der Waals surface area contributed by atoms with Gasteiger partial charge in [0.1, 0.15) is 5.82 Å². The molecular weight excluding hydrogens is 266 g/mol. The van der Waals surface area contributed by atoms with Gasteiger partial charge in [0, 0.05) is 25.5 Å². The number of esters is 1. The van der Waals surface area contributed by atoms with Gasteiger partial charge in [-0.2, -0.15) is 0 Å². The molecule has 0 bridgehead atoms. The molecule has 2 rings (SSSR count). The monoisotopic (exact) mass is 287 g/mol. The van der Waals surface area contributed by atoms with Gasteiger partial charge in [0.2, 0.25) is 0 Å². The first kappa shape index (κ1) is 15.3. The lowest BCUT2D eigenvalue weighted by molar-refractivity contribution is 0.0600. The third-order valence-corrected chi connectivity index (χ3v) is 3.38. The fraction of sp³-hybridized carbons (Fsp3) is 0.375. The van der Waals surface area contributed by atoms with Crippen molar-refractivity contribution < 1.29 is 9.53 Å². The Labute approximate surface area is 125 Å². The quantitative estimate of drug-likeness (QED) is 0.626. The number of benzene rings is 1. The van der Waals surface area contributed by atoms with Gasteiger partial charge in [0.15, 0.2) is 0 Å². The van der Waals surface area contributed by atoms with Gasteiger partial charge >= 0.3 is 5.97 Å². The molecule has 0 radical (unpaired) electrons. The molecule has 0 unspecified atom stereocenters. The maximum Gasteiger partial charge on any atom is 0.337 e. The molecule has 1 heterocycles. The van der Waals surface area contributed by atoms with Crippen LogP contribution >= 0.6 is 0 Å². The average molecular weight is 287 g/mol. The minimum atomic E-state index is -0.301.